The Morgan fingerprint density at radius 2 is 1.71 bits per heavy atom. The van der Waals surface area contributed by atoms with E-state index in [4.69, 9.17) is 9.84 Å². The van der Waals surface area contributed by atoms with Gasteiger partial charge >= 0.3 is 0 Å². The van der Waals surface area contributed by atoms with Crippen LogP contribution >= 0.6 is 0 Å². The molecule has 1 aliphatic rings. The second kappa shape index (κ2) is 11.3. The third kappa shape index (κ3) is 5.23. The Morgan fingerprint density at radius 1 is 0.951 bits per heavy atom. The standard InChI is InChI=1S/C34H28N4O3/c1-5-16-41-31-15-14-25(18-23(31)3)32-26(21-37(36-32)27-11-7-6-8-12-27)19-29-24(4)30(20-35)34(40)38(33(29)39)28-13-9-10-22(2)17-28/h5-15,17-19,21H,1,16H2,2-4H3. The number of amides is 2. The van der Waals surface area contributed by atoms with Crippen LogP contribution in [0, 0.1) is 25.2 Å². The molecule has 4 aromatic rings. The van der Waals surface area contributed by atoms with Gasteiger partial charge in [-0.25, -0.2) is 9.58 Å². The number of hydrogen-bond donors (Lipinski definition) is 0. The number of aryl methyl sites for hydroxylation is 2. The Hall–Kier alpha value is -5.48. The Labute approximate surface area is 238 Å². The Balaban J connectivity index is 1.69. The summed E-state index contributed by atoms with van der Waals surface area (Å²) in [6.07, 6.45) is 5.25. The molecule has 0 bridgehead atoms. The molecule has 0 radical (unpaired) electrons. The number of benzene rings is 3. The van der Waals surface area contributed by atoms with E-state index in [1.54, 1.807) is 42.0 Å². The predicted octanol–water partition coefficient (Wildman–Crippen LogP) is 6.52. The van der Waals surface area contributed by atoms with Gasteiger partial charge in [-0.3, -0.25) is 9.59 Å². The predicted molar refractivity (Wildman–Crippen MR) is 159 cm³/mol. The minimum absolute atomic E-state index is 0.0751. The van der Waals surface area contributed by atoms with Crippen LogP contribution in [0.3, 0.4) is 0 Å². The Morgan fingerprint density at radius 3 is 2.39 bits per heavy atom. The summed E-state index contributed by atoms with van der Waals surface area (Å²) in [5, 5.41) is 14.8. The molecule has 1 aromatic heterocycles. The van der Waals surface area contributed by atoms with Gasteiger partial charge in [0.15, 0.2) is 0 Å². The molecule has 3 aromatic carbocycles. The van der Waals surface area contributed by atoms with Gasteiger partial charge in [-0.15, -0.1) is 0 Å². The summed E-state index contributed by atoms with van der Waals surface area (Å²) in [6.45, 7) is 9.57. The normalized spacial score (nSPS) is 14.4. The molecule has 5 rings (SSSR count). The molecule has 0 aliphatic carbocycles. The number of imide groups is 1. The summed E-state index contributed by atoms with van der Waals surface area (Å²) in [6, 6.07) is 24.5. The molecule has 2 heterocycles. The summed E-state index contributed by atoms with van der Waals surface area (Å²) in [5.41, 5.74) is 5.69. The lowest BCUT2D eigenvalue weighted by Gasteiger charge is -2.27. The molecule has 0 saturated carbocycles. The van der Waals surface area contributed by atoms with Crippen molar-refractivity contribution in [1.82, 2.24) is 9.78 Å². The van der Waals surface area contributed by atoms with Crippen LogP contribution in [0.15, 0.2) is 108 Å². The third-order valence-corrected chi connectivity index (χ3v) is 6.87. The largest absolute Gasteiger partial charge is 0.489 e. The lowest BCUT2D eigenvalue weighted by Crippen LogP contribution is -2.42. The second-order valence-corrected chi connectivity index (χ2v) is 9.75. The molecule has 2 amide bonds. The van der Waals surface area contributed by atoms with Gasteiger partial charge in [0.05, 0.1) is 17.1 Å². The molecule has 0 N–H and O–H groups in total. The quantitative estimate of drug-likeness (QED) is 0.151. The zero-order chi connectivity index (χ0) is 29.1. The van der Waals surface area contributed by atoms with E-state index in [-0.39, 0.29) is 11.1 Å². The van der Waals surface area contributed by atoms with Crippen LogP contribution in [0.5, 0.6) is 5.75 Å². The summed E-state index contributed by atoms with van der Waals surface area (Å²) < 4.78 is 7.50. The molecule has 0 saturated heterocycles. The molecule has 7 heteroatoms. The van der Waals surface area contributed by atoms with Gasteiger partial charge in [0.2, 0.25) is 0 Å². The summed E-state index contributed by atoms with van der Waals surface area (Å²) in [4.78, 5) is 28.2. The van der Waals surface area contributed by atoms with E-state index in [9.17, 15) is 14.9 Å². The summed E-state index contributed by atoms with van der Waals surface area (Å²) >= 11 is 0. The Bertz CT molecular complexity index is 1790. The number of nitriles is 1. The number of hydrogen-bond acceptors (Lipinski definition) is 5. The van der Waals surface area contributed by atoms with Gasteiger partial charge in [0.1, 0.15) is 24.0 Å². The number of carbonyl (C=O) groups is 2. The van der Waals surface area contributed by atoms with Gasteiger partial charge in [-0.2, -0.15) is 10.4 Å². The molecule has 41 heavy (non-hydrogen) atoms. The minimum atomic E-state index is -0.635. The van der Waals surface area contributed by atoms with Crippen molar-refractivity contribution in [2.75, 3.05) is 11.5 Å². The highest BCUT2D eigenvalue weighted by Crippen LogP contribution is 2.34. The first kappa shape index (κ1) is 27.1. The molecular weight excluding hydrogens is 512 g/mol. The SMILES string of the molecule is C=CCOc1ccc(-c2nn(-c3ccccc3)cc2C=C2C(=O)N(c3cccc(C)c3)C(=O)C(C#N)=C2C)cc1C. The lowest BCUT2D eigenvalue weighted by atomic mass is 9.92. The third-order valence-electron chi connectivity index (χ3n) is 6.87. The van der Waals surface area contributed by atoms with Gasteiger partial charge in [0.25, 0.3) is 11.8 Å². The molecule has 7 nitrogen and oxygen atoms in total. The maximum absolute atomic E-state index is 13.9. The fourth-order valence-corrected chi connectivity index (χ4v) is 4.78. The summed E-state index contributed by atoms with van der Waals surface area (Å²) in [5.74, 6) is -0.396. The van der Waals surface area contributed by atoms with Gasteiger partial charge in [-0.1, -0.05) is 43.0 Å². The van der Waals surface area contributed by atoms with E-state index in [0.29, 0.717) is 29.1 Å². The number of para-hydroxylation sites is 1. The smallest absolute Gasteiger partial charge is 0.276 e. The van der Waals surface area contributed by atoms with Gasteiger partial charge in [-0.05, 0) is 86.0 Å². The first-order valence-corrected chi connectivity index (χ1v) is 13.1. The first-order valence-electron chi connectivity index (χ1n) is 13.1. The zero-order valence-electron chi connectivity index (χ0n) is 23.1. The van der Waals surface area contributed by atoms with E-state index in [1.165, 1.54) is 0 Å². The molecule has 202 valence electrons. The number of aromatic nitrogens is 2. The fourth-order valence-electron chi connectivity index (χ4n) is 4.78. The highest BCUT2D eigenvalue weighted by molar-refractivity contribution is 6.32. The maximum atomic E-state index is 13.9. The van der Waals surface area contributed by atoms with Crippen LogP contribution in [0.25, 0.3) is 23.0 Å². The van der Waals surface area contributed by atoms with Crippen LogP contribution in [0.2, 0.25) is 0 Å². The number of carbonyl (C=O) groups excluding carboxylic acids is 2. The average Bonchev–Trinajstić information content (AvgIpc) is 3.39. The topological polar surface area (TPSA) is 88.2 Å². The van der Waals surface area contributed by atoms with Crippen molar-refractivity contribution in [3.8, 4) is 28.8 Å². The molecule has 0 unspecified atom stereocenters. The van der Waals surface area contributed by atoms with E-state index in [0.717, 1.165) is 33.0 Å². The highest BCUT2D eigenvalue weighted by atomic mass is 16.5. The molecule has 0 fully saturated rings. The number of rotatable bonds is 7. The van der Waals surface area contributed by atoms with Crippen LogP contribution in [-0.2, 0) is 9.59 Å². The van der Waals surface area contributed by atoms with Crippen LogP contribution in [-0.4, -0.2) is 28.2 Å². The van der Waals surface area contributed by atoms with Gasteiger partial charge < -0.3 is 4.74 Å². The van der Waals surface area contributed by atoms with Crippen LogP contribution in [0.1, 0.15) is 23.6 Å². The number of nitrogens with zero attached hydrogens (tertiary/aromatic N) is 4. The van der Waals surface area contributed by atoms with Crippen LogP contribution in [0.4, 0.5) is 5.69 Å². The van der Waals surface area contributed by atoms with Crippen LogP contribution < -0.4 is 9.64 Å². The molecule has 0 atom stereocenters. The zero-order valence-corrected chi connectivity index (χ0v) is 23.1. The molecule has 0 spiro atoms. The monoisotopic (exact) mass is 540 g/mol. The van der Waals surface area contributed by atoms with E-state index < -0.39 is 11.8 Å². The van der Waals surface area contributed by atoms with Crippen molar-refractivity contribution in [2.45, 2.75) is 20.8 Å². The number of anilines is 1. The van der Waals surface area contributed by atoms with Crippen molar-refractivity contribution in [1.29, 1.82) is 5.26 Å². The maximum Gasteiger partial charge on any atom is 0.276 e. The summed E-state index contributed by atoms with van der Waals surface area (Å²) in [7, 11) is 0. The van der Waals surface area contributed by atoms with Gasteiger partial charge in [0, 0.05) is 22.9 Å². The molecular formula is C34H28N4O3. The van der Waals surface area contributed by atoms with Crippen molar-refractivity contribution in [2.24, 2.45) is 0 Å². The highest BCUT2D eigenvalue weighted by Gasteiger charge is 2.37. The van der Waals surface area contributed by atoms with Crippen molar-refractivity contribution >= 4 is 23.6 Å². The number of ether oxygens (including phenoxy) is 1. The Kier molecular flexibility index (Phi) is 7.49. The second-order valence-electron chi connectivity index (χ2n) is 9.75. The molecule has 1 aliphatic heterocycles. The van der Waals surface area contributed by atoms with E-state index in [1.807, 2.05) is 80.7 Å². The van der Waals surface area contributed by atoms with Crippen molar-refractivity contribution in [3.05, 3.63) is 125 Å². The van der Waals surface area contributed by atoms with Crippen molar-refractivity contribution in [3.63, 3.8) is 0 Å². The lowest BCUT2D eigenvalue weighted by molar-refractivity contribution is -0.122. The minimum Gasteiger partial charge on any atom is -0.489 e. The van der Waals surface area contributed by atoms with Crippen molar-refractivity contribution < 1.29 is 14.3 Å². The first-order chi connectivity index (χ1) is 19.8. The average molecular weight is 541 g/mol. The van der Waals surface area contributed by atoms with E-state index in [2.05, 4.69) is 6.58 Å². The van der Waals surface area contributed by atoms with E-state index >= 15 is 0 Å². The fraction of sp³-hybridized carbons (Fsp3) is 0.118.